The van der Waals surface area contributed by atoms with Gasteiger partial charge in [-0.2, -0.15) is 0 Å². The van der Waals surface area contributed by atoms with Gasteiger partial charge < -0.3 is 15.2 Å². The largest absolute Gasteiger partial charge is 0.466 e. The van der Waals surface area contributed by atoms with Crippen LogP contribution in [0.25, 0.3) is 0 Å². The highest BCUT2D eigenvalue weighted by Gasteiger charge is 2.19. The summed E-state index contributed by atoms with van der Waals surface area (Å²) in [5.74, 6) is -1.13. The molecule has 10 heteroatoms. The molecule has 1 unspecified atom stereocenters. The summed E-state index contributed by atoms with van der Waals surface area (Å²) in [6.45, 7) is 1.41. The molecule has 1 aromatic heterocycles. The maximum atomic E-state index is 12.0. The van der Waals surface area contributed by atoms with Crippen LogP contribution in [0.5, 0.6) is 0 Å². The number of aliphatic hydroxyl groups is 1. The van der Waals surface area contributed by atoms with E-state index in [0.29, 0.717) is 0 Å². The topological polar surface area (TPSA) is 135 Å². The normalized spacial score (nSPS) is 12.5. The van der Waals surface area contributed by atoms with Crippen molar-refractivity contribution in [1.29, 1.82) is 0 Å². The van der Waals surface area contributed by atoms with E-state index in [4.69, 9.17) is 4.74 Å². The van der Waals surface area contributed by atoms with E-state index in [1.807, 2.05) is 0 Å². The summed E-state index contributed by atoms with van der Waals surface area (Å²) in [6, 6.07) is 1.66. The van der Waals surface area contributed by atoms with Gasteiger partial charge in [0.05, 0.1) is 31.2 Å². The molecule has 1 atom stereocenters. The molecule has 0 aliphatic rings. The zero-order chi connectivity index (χ0) is 17.5. The third-order valence-electron chi connectivity index (χ3n) is 2.82. The van der Waals surface area contributed by atoms with Crippen LogP contribution >= 0.6 is 0 Å². The predicted molar refractivity (Wildman–Crippen MR) is 80.1 cm³/mol. The van der Waals surface area contributed by atoms with Crippen molar-refractivity contribution in [2.75, 3.05) is 20.3 Å². The Kier molecular flexibility index (Phi) is 7.07. The van der Waals surface area contributed by atoms with E-state index in [0.717, 1.165) is 6.20 Å². The standard InChI is InChI=1S/C13H19N3O6S/c1-3-22-12(18)6-10(8-17)16-13(19)9-4-5-11(15-7-9)23(20,21)14-2/h4-5,7,10,14,17H,3,6,8H2,1-2H3,(H,16,19). The predicted octanol–water partition coefficient (Wildman–Crippen LogP) is -0.966. The number of carbonyl (C=O) groups is 2. The molecule has 128 valence electrons. The van der Waals surface area contributed by atoms with Gasteiger partial charge in [-0.25, -0.2) is 18.1 Å². The van der Waals surface area contributed by atoms with Crippen molar-refractivity contribution in [3.63, 3.8) is 0 Å². The molecule has 1 heterocycles. The maximum absolute atomic E-state index is 12.0. The quantitative estimate of drug-likeness (QED) is 0.516. The summed E-state index contributed by atoms with van der Waals surface area (Å²) in [6.07, 6.45) is 0.925. The molecule has 0 aliphatic carbocycles. The number of rotatable bonds is 8. The average molecular weight is 345 g/mol. The third-order valence-corrected chi connectivity index (χ3v) is 4.15. The number of ether oxygens (including phenoxy) is 1. The van der Waals surface area contributed by atoms with Crippen molar-refractivity contribution in [1.82, 2.24) is 15.0 Å². The van der Waals surface area contributed by atoms with Crippen LogP contribution in [-0.4, -0.2) is 56.7 Å². The number of aliphatic hydroxyl groups excluding tert-OH is 1. The van der Waals surface area contributed by atoms with Gasteiger partial charge in [0, 0.05) is 6.20 Å². The van der Waals surface area contributed by atoms with Gasteiger partial charge in [0.25, 0.3) is 15.9 Å². The van der Waals surface area contributed by atoms with Gasteiger partial charge >= 0.3 is 5.97 Å². The molecular weight excluding hydrogens is 326 g/mol. The third kappa shape index (κ3) is 5.58. The smallest absolute Gasteiger partial charge is 0.307 e. The number of amides is 1. The molecule has 1 rings (SSSR count). The number of esters is 1. The molecule has 1 aromatic rings. The molecule has 23 heavy (non-hydrogen) atoms. The van der Waals surface area contributed by atoms with Gasteiger partial charge in [-0.05, 0) is 26.1 Å². The maximum Gasteiger partial charge on any atom is 0.307 e. The Balaban J connectivity index is 2.75. The molecule has 0 aliphatic heterocycles. The first-order valence-electron chi connectivity index (χ1n) is 6.81. The van der Waals surface area contributed by atoms with Crippen LogP contribution in [0, 0.1) is 0 Å². The van der Waals surface area contributed by atoms with E-state index < -0.39 is 34.5 Å². The monoisotopic (exact) mass is 345 g/mol. The van der Waals surface area contributed by atoms with Gasteiger partial charge in [-0.1, -0.05) is 0 Å². The van der Waals surface area contributed by atoms with Crippen molar-refractivity contribution >= 4 is 21.9 Å². The van der Waals surface area contributed by atoms with Crippen LogP contribution in [-0.2, 0) is 19.6 Å². The lowest BCUT2D eigenvalue weighted by atomic mass is 10.2. The summed E-state index contributed by atoms with van der Waals surface area (Å²) >= 11 is 0. The molecule has 0 saturated heterocycles. The first-order chi connectivity index (χ1) is 10.8. The van der Waals surface area contributed by atoms with Crippen LogP contribution in [0.2, 0.25) is 0 Å². The van der Waals surface area contributed by atoms with E-state index in [1.165, 1.54) is 19.2 Å². The van der Waals surface area contributed by atoms with Gasteiger partial charge in [0.15, 0.2) is 5.03 Å². The Morgan fingerprint density at radius 1 is 1.39 bits per heavy atom. The first kappa shape index (κ1) is 19.0. The molecule has 0 fully saturated rings. The lowest BCUT2D eigenvalue weighted by Crippen LogP contribution is -2.39. The van der Waals surface area contributed by atoms with Crippen LogP contribution in [0.3, 0.4) is 0 Å². The Bertz CT molecular complexity index is 644. The summed E-state index contributed by atoms with van der Waals surface area (Å²) < 4.78 is 29.9. The SMILES string of the molecule is CCOC(=O)CC(CO)NC(=O)c1ccc(S(=O)(=O)NC)nc1. The Morgan fingerprint density at radius 3 is 2.57 bits per heavy atom. The Morgan fingerprint density at radius 2 is 2.09 bits per heavy atom. The fourth-order valence-corrected chi connectivity index (χ4v) is 2.28. The van der Waals surface area contributed by atoms with Gasteiger partial charge in [0.2, 0.25) is 0 Å². The molecule has 0 radical (unpaired) electrons. The summed E-state index contributed by atoms with van der Waals surface area (Å²) in [7, 11) is -2.44. The second-order valence-electron chi connectivity index (χ2n) is 4.45. The molecule has 0 bridgehead atoms. The number of nitrogens with zero attached hydrogens (tertiary/aromatic N) is 1. The number of carbonyl (C=O) groups excluding carboxylic acids is 2. The van der Waals surface area contributed by atoms with Crippen LogP contribution in [0.15, 0.2) is 23.4 Å². The molecule has 9 nitrogen and oxygen atoms in total. The number of sulfonamides is 1. The second-order valence-corrected chi connectivity index (χ2v) is 6.29. The number of hydrogen-bond donors (Lipinski definition) is 3. The van der Waals surface area contributed by atoms with Gasteiger partial charge in [-0.15, -0.1) is 0 Å². The van der Waals surface area contributed by atoms with E-state index in [9.17, 15) is 23.1 Å². The molecule has 1 amide bonds. The van der Waals surface area contributed by atoms with Crippen molar-refractivity contribution in [3.8, 4) is 0 Å². The summed E-state index contributed by atoms with van der Waals surface area (Å²) in [5.41, 5.74) is 0.0994. The van der Waals surface area contributed by atoms with Crippen LogP contribution in [0.4, 0.5) is 0 Å². The fourth-order valence-electron chi connectivity index (χ4n) is 1.63. The van der Waals surface area contributed by atoms with E-state index in [-0.39, 0.29) is 23.6 Å². The van der Waals surface area contributed by atoms with E-state index in [1.54, 1.807) is 6.92 Å². The fraction of sp³-hybridized carbons (Fsp3) is 0.462. The summed E-state index contributed by atoms with van der Waals surface area (Å²) in [5, 5.41) is 11.4. The Labute approximate surface area is 134 Å². The highest BCUT2D eigenvalue weighted by molar-refractivity contribution is 7.89. The highest BCUT2D eigenvalue weighted by atomic mass is 32.2. The molecule has 0 spiro atoms. The van der Waals surface area contributed by atoms with Crippen molar-refractivity contribution in [3.05, 3.63) is 23.9 Å². The number of pyridine rings is 1. The number of nitrogens with one attached hydrogen (secondary N) is 2. The summed E-state index contributed by atoms with van der Waals surface area (Å²) in [4.78, 5) is 27.1. The molecular formula is C13H19N3O6S. The van der Waals surface area contributed by atoms with Gasteiger partial charge in [0.1, 0.15) is 0 Å². The highest BCUT2D eigenvalue weighted by Crippen LogP contribution is 2.07. The average Bonchev–Trinajstić information content (AvgIpc) is 2.54. The van der Waals surface area contributed by atoms with Crippen molar-refractivity contribution in [2.45, 2.75) is 24.4 Å². The first-order valence-corrected chi connectivity index (χ1v) is 8.29. The van der Waals surface area contributed by atoms with Crippen LogP contribution < -0.4 is 10.0 Å². The van der Waals surface area contributed by atoms with E-state index in [2.05, 4.69) is 15.0 Å². The minimum atomic E-state index is -3.68. The van der Waals surface area contributed by atoms with Crippen LogP contribution in [0.1, 0.15) is 23.7 Å². The minimum absolute atomic E-state index is 0.0994. The molecule has 3 N–H and O–H groups in total. The zero-order valence-electron chi connectivity index (χ0n) is 12.8. The lowest BCUT2D eigenvalue weighted by molar-refractivity contribution is -0.143. The second kappa shape index (κ2) is 8.56. The zero-order valence-corrected chi connectivity index (χ0v) is 13.6. The molecule has 0 aromatic carbocycles. The Hall–Kier alpha value is -2.04. The van der Waals surface area contributed by atoms with Crippen molar-refractivity contribution in [2.24, 2.45) is 0 Å². The molecule has 0 saturated carbocycles. The number of aromatic nitrogens is 1. The van der Waals surface area contributed by atoms with Crippen molar-refractivity contribution < 1.29 is 27.9 Å². The van der Waals surface area contributed by atoms with E-state index >= 15 is 0 Å². The lowest BCUT2D eigenvalue weighted by Gasteiger charge is -2.15. The number of hydrogen-bond acceptors (Lipinski definition) is 7. The van der Waals surface area contributed by atoms with Gasteiger partial charge in [-0.3, -0.25) is 9.59 Å². The minimum Gasteiger partial charge on any atom is -0.466 e.